The third-order valence-electron chi connectivity index (χ3n) is 6.75. The Labute approximate surface area is 216 Å². The van der Waals surface area contributed by atoms with Crippen molar-refractivity contribution in [3.8, 4) is 6.01 Å². The maximum Gasteiger partial charge on any atom is 0.451 e. The van der Waals surface area contributed by atoms with Crippen LogP contribution in [0, 0.1) is 11.8 Å². The maximum absolute atomic E-state index is 13.3. The first-order valence-corrected chi connectivity index (χ1v) is 13.4. The van der Waals surface area contributed by atoms with Crippen LogP contribution >= 0.6 is 11.3 Å². The van der Waals surface area contributed by atoms with Crippen LogP contribution in [0.25, 0.3) is 10.2 Å². The number of rotatable bonds is 7. The molecule has 1 amide bonds. The quantitative estimate of drug-likeness (QED) is 0.447. The minimum Gasteiger partial charge on any atom is -0.463 e. The van der Waals surface area contributed by atoms with Crippen LogP contribution in [0.15, 0.2) is 6.07 Å². The Morgan fingerprint density at radius 3 is 2.76 bits per heavy atom. The second-order valence-electron chi connectivity index (χ2n) is 9.93. The zero-order valence-electron chi connectivity index (χ0n) is 21.1. The summed E-state index contributed by atoms with van der Waals surface area (Å²) < 4.78 is 47.1. The van der Waals surface area contributed by atoms with E-state index in [9.17, 15) is 18.0 Å². The molecule has 2 aliphatic heterocycles. The number of carbonyl (C=O) groups excluding carboxylic acids is 1. The van der Waals surface area contributed by atoms with E-state index in [4.69, 9.17) is 9.72 Å². The van der Waals surface area contributed by atoms with Crippen LogP contribution in [0.4, 0.5) is 19.0 Å². The molecule has 3 aromatic rings. The highest BCUT2D eigenvalue weighted by Gasteiger charge is 2.40. The monoisotopic (exact) mass is 537 g/mol. The molecule has 1 fully saturated rings. The molecule has 0 radical (unpaired) electrons. The van der Waals surface area contributed by atoms with Crippen LogP contribution < -0.4 is 9.64 Å². The first-order chi connectivity index (χ1) is 17.6. The summed E-state index contributed by atoms with van der Waals surface area (Å²) in [6.45, 7) is 8.25. The molecule has 0 aromatic carbocycles. The second-order valence-corrected chi connectivity index (χ2v) is 11.0. The molecule has 3 aromatic heterocycles. The molecular formula is C24H30F3N7O2S. The summed E-state index contributed by atoms with van der Waals surface area (Å²) in [7, 11) is 0. The fourth-order valence-corrected chi connectivity index (χ4v) is 6.00. The molecule has 0 spiro atoms. The van der Waals surface area contributed by atoms with Gasteiger partial charge in [0.05, 0.1) is 18.5 Å². The Bertz CT molecular complexity index is 1290. The summed E-state index contributed by atoms with van der Waals surface area (Å²) in [6, 6.07) is 2.30. The average Bonchev–Trinajstić information content (AvgIpc) is 3.58. The van der Waals surface area contributed by atoms with E-state index in [1.54, 1.807) is 11.3 Å². The van der Waals surface area contributed by atoms with E-state index < -0.39 is 12.0 Å². The maximum atomic E-state index is 13.3. The van der Waals surface area contributed by atoms with Gasteiger partial charge in [-0.3, -0.25) is 4.79 Å². The molecule has 5 rings (SSSR count). The number of anilines is 1. The second kappa shape index (κ2) is 10.1. The number of carbonyl (C=O) groups is 1. The third-order valence-corrected chi connectivity index (χ3v) is 7.83. The molecule has 0 saturated carbocycles. The molecule has 5 heterocycles. The standard InChI is InChI=1S/C24H30F3N7O2S/c1-4-5-16-10-17-19(32-8-9-34-18(12-32)30-31-22(34)24(25,26)27)28-23(29-20(17)37-16)36-13-15-6-7-33(11-15)21(35)14(2)3/h10,14-15H,4-9,11-13H2,1-3H3. The van der Waals surface area contributed by atoms with Crippen molar-refractivity contribution in [1.82, 2.24) is 29.6 Å². The van der Waals surface area contributed by atoms with Crippen LogP contribution in [0.1, 0.15) is 50.1 Å². The molecular weight excluding hydrogens is 507 g/mol. The molecule has 200 valence electrons. The van der Waals surface area contributed by atoms with Gasteiger partial charge in [0.15, 0.2) is 5.82 Å². The molecule has 37 heavy (non-hydrogen) atoms. The normalized spacial score (nSPS) is 18.2. The summed E-state index contributed by atoms with van der Waals surface area (Å²) in [4.78, 5) is 27.4. The first kappa shape index (κ1) is 25.7. The van der Waals surface area contributed by atoms with Crippen LogP contribution in [-0.4, -0.2) is 61.8 Å². The van der Waals surface area contributed by atoms with Gasteiger partial charge >= 0.3 is 12.2 Å². The fourth-order valence-electron chi connectivity index (χ4n) is 4.89. The number of nitrogens with zero attached hydrogens (tertiary/aromatic N) is 7. The number of likely N-dealkylation sites (tertiary alicyclic amines) is 1. The van der Waals surface area contributed by atoms with Crippen molar-refractivity contribution in [2.75, 3.05) is 31.1 Å². The van der Waals surface area contributed by atoms with Crippen molar-refractivity contribution in [3.63, 3.8) is 0 Å². The predicted octanol–water partition coefficient (Wildman–Crippen LogP) is 4.16. The Morgan fingerprint density at radius 2 is 2.03 bits per heavy atom. The lowest BCUT2D eigenvalue weighted by atomic mass is 10.1. The molecule has 2 aliphatic rings. The highest BCUT2D eigenvalue weighted by Crippen LogP contribution is 2.36. The number of aryl methyl sites for hydroxylation is 1. The number of thiophene rings is 1. The Morgan fingerprint density at radius 1 is 1.22 bits per heavy atom. The summed E-state index contributed by atoms with van der Waals surface area (Å²) in [5.41, 5.74) is 0. The largest absolute Gasteiger partial charge is 0.463 e. The Kier molecular flexibility index (Phi) is 6.99. The Balaban J connectivity index is 1.38. The predicted molar refractivity (Wildman–Crippen MR) is 133 cm³/mol. The van der Waals surface area contributed by atoms with E-state index in [1.807, 2.05) is 23.6 Å². The highest BCUT2D eigenvalue weighted by atomic mass is 32.1. The fraction of sp³-hybridized carbons (Fsp3) is 0.625. The van der Waals surface area contributed by atoms with Crippen molar-refractivity contribution < 1.29 is 22.7 Å². The van der Waals surface area contributed by atoms with Crippen molar-refractivity contribution >= 4 is 33.3 Å². The summed E-state index contributed by atoms with van der Waals surface area (Å²) in [6.07, 6.45) is -1.80. The van der Waals surface area contributed by atoms with Gasteiger partial charge in [0, 0.05) is 42.9 Å². The zero-order valence-corrected chi connectivity index (χ0v) is 21.9. The number of halogens is 3. The molecule has 0 bridgehead atoms. The van der Waals surface area contributed by atoms with Crippen molar-refractivity contribution in [3.05, 3.63) is 22.6 Å². The van der Waals surface area contributed by atoms with Crippen LogP contribution in [0.3, 0.4) is 0 Å². The molecule has 1 unspecified atom stereocenters. The van der Waals surface area contributed by atoms with Crippen molar-refractivity contribution in [2.24, 2.45) is 11.8 Å². The van der Waals surface area contributed by atoms with E-state index in [0.29, 0.717) is 25.5 Å². The van der Waals surface area contributed by atoms with E-state index >= 15 is 0 Å². The SMILES string of the molecule is CCCc1cc2c(N3CCn4c(nnc4C(F)(F)F)C3)nc(OCC3CCN(C(=O)C(C)C)C3)nc2s1. The lowest BCUT2D eigenvalue weighted by Gasteiger charge is -2.29. The average molecular weight is 538 g/mol. The summed E-state index contributed by atoms with van der Waals surface area (Å²) in [5, 5.41) is 8.05. The number of ether oxygens (including phenoxy) is 1. The number of hydrogen-bond donors (Lipinski definition) is 0. The highest BCUT2D eigenvalue weighted by molar-refractivity contribution is 7.18. The molecule has 1 saturated heterocycles. The van der Waals surface area contributed by atoms with Crippen molar-refractivity contribution in [2.45, 2.75) is 59.3 Å². The van der Waals surface area contributed by atoms with Gasteiger partial charge in [-0.25, -0.2) is 0 Å². The number of fused-ring (bicyclic) bond motifs is 2. The van der Waals surface area contributed by atoms with E-state index in [-0.39, 0.29) is 42.7 Å². The van der Waals surface area contributed by atoms with Gasteiger partial charge in [-0.15, -0.1) is 21.5 Å². The Hall–Kier alpha value is -2.96. The number of amides is 1. The summed E-state index contributed by atoms with van der Waals surface area (Å²) >= 11 is 1.58. The molecule has 0 aliphatic carbocycles. The van der Waals surface area contributed by atoms with Gasteiger partial charge in [0.2, 0.25) is 11.7 Å². The number of hydrogen-bond acceptors (Lipinski definition) is 8. The zero-order chi connectivity index (χ0) is 26.3. The summed E-state index contributed by atoms with van der Waals surface area (Å²) in [5.74, 6) is 0.213. The van der Waals surface area contributed by atoms with Gasteiger partial charge in [0.1, 0.15) is 10.6 Å². The van der Waals surface area contributed by atoms with E-state index in [0.717, 1.165) is 40.6 Å². The third kappa shape index (κ3) is 5.23. The van der Waals surface area contributed by atoms with E-state index in [2.05, 4.69) is 28.2 Å². The topological polar surface area (TPSA) is 89.3 Å². The van der Waals surface area contributed by atoms with Gasteiger partial charge in [0.25, 0.3) is 0 Å². The van der Waals surface area contributed by atoms with E-state index in [1.165, 1.54) is 4.88 Å². The van der Waals surface area contributed by atoms with Gasteiger partial charge < -0.3 is 19.1 Å². The van der Waals surface area contributed by atoms with Gasteiger partial charge in [-0.1, -0.05) is 27.2 Å². The molecule has 9 nitrogen and oxygen atoms in total. The minimum atomic E-state index is -4.55. The number of alkyl halides is 3. The lowest BCUT2D eigenvalue weighted by Crippen LogP contribution is -2.36. The molecule has 1 atom stereocenters. The van der Waals surface area contributed by atoms with Gasteiger partial charge in [-0.2, -0.15) is 23.1 Å². The minimum absolute atomic E-state index is 0.0355. The molecule has 13 heteroatoms. The molecule has 0 N–H and O–H groups in total. The lowest BCUT2D eigenvalue weighted by molar-refractivity contribution is -0.147. The van der Waals surface area contributed by atoms with Crippen molar-refractivity contribution in [1.29, 1.82) is 0 Å². The van der Waals surface area contributed by atoms with Crippen LogP contribution in [-0.2, 0) is 30.5 Å². The first-order valence-electron chi connectivity index (χ1n) is 12.6. The number of aromatic nitrogens is 5. The van der Waals surface area contributed by atoms with Crippen LogP contribution in [0.2, 0.25) is 0 Å². The van der Waals surface area contributed by atoms with Crippen LogP contribution in [0.5, 0.6) is 6.01 Å². The smallest absolute Gasteiger partial charge is 0.451 e. The van der Waals surface area contributed by atoms with Gasteiger partial charge in [-0.05, 0) is 18.9 Å².